The van der Waals surface area contributed by atoms with Crippen LogP contribution in [0.25, 0.3) is 0 Å². The molecule has 0 bridgehead atoms. The molecule has 0 atom stereocenters. The van der Waals surface area contributed by atoms with Crippen molar-refractivity contribution in [1.29, 1.82) is 0 Å². The standard InChI is InChI=1S/C10H15BrS/c1-5-10(3,4)9-7(2)8(11)6-12-9/h6H,5H2,1-4H3. The van der Waals surface area contributed by atoms with Gasteiger partial charge in [0.25, 0.3) is 0 Å². The molecular weight excluding hydrogens is 232 g/mol. The second kappa shape index (κ2) is 3.51. The van der Waals surface area contributed by atoms with Crippen LogP contribution in [0.15, 0.2) is 9.85 Å². The Morgan fingerprint density at radius 2 is 2.08 bits per heavy atom. The van der Waals surface area contributed by atoms with Crippen molar-refractivity contribution in [3.63, 3.8) is 0 Å². The molecule has 0 unspecified atom stereocenters. The van der Waals surface area contributed by atoms with Crippen LogP contribution in [0, 0.1) is 6.92 Å². The molecule has 0 N–H and O–H groups in total. The molecule has 0 saturated carbocycles. The summed E-state index contributed by atoms with van der Waals surface area (Å²) in [4.78, 5) is 1.51. The Bertz CT molecular complexity index is 273. The summed E-state index contributed by atoms with van der Waals surface area (Å²) in [6, 6.07) is 0. The minimum atomic E-state index is 0.334. The maximum atomic E-state index is 3.55. The van der Waals surface area contributed by atoms with Gasteiger partial charge in [-0.05, 0) is 40.3 Å². The summed E-state index contributed by atoms with van der Waals surface area (Å²) < 4.78 is 1.25. The Balaban J connectivity index is 3.11. The number of hydrogen-bond donors (Lipinski definition) is 0. The predicted molar refractivity (Wildman–Crippen MR) is 60.1 cm³/mol. The average molecular weight is 247 g/mol. The van der Waals surface area contributed by atoms with Crippen molar-refractivity contribution in [2.45, 2.75) is 39.5 Å². The number of thiophene rings is 1. The highest BCUT2D eigenvalue weighted by atomic mass is 79.9. The van der Waals surface area contributed by atoms with Gasteiger partial charge in [-0.1, -0.05) is 20.8 Å². The summed E-state index contributed by atoms with van der Waals surface area (Å²) in [6.07, 6.45) is 1.20. The number of hydrogen-bond acceptors (Lipinski definition) is 1. The minimum absolute atomic E-state index is 0.334. The average Bonchev–Trinajstić information content (AvgIpc) is 2.33. The molecule has 1 aromatic rings. The van der Waals surface area contributed by atoms with E-state index in [1.807, 2.05) is 11.3 Å². The lowest BCUT2D eigenvalue weighted by Gasteiger charge is -2.22. The van der Waals surface area contributed by atoms with E-state index in [-0.39, 0.29) is 0 Å². The fourth-order valence-electron chi connectivity index (χ4n) is 1.22. The maximum absolute atomic E-state index is 3.55. The molecule has 0 aromatic carbocycles. The van der Waals surface area contributed by atoms with E-state index in [2.05, 4.69) is 49.0 Å². The first kappa shape index (κ1) is 10.3. The van der Waals surface area contributed by atoms with Gasteiger partial charge in [-0.25, -0.2) is 0 Å². The summed E-state index contributed by atoms with van der Waals surface area (Å²) in [6.45, 7) is 9.04. The van der Waals surface area contributed by atoms with E-state index >= 15 is 0 Å². The first-order valence-corrected chi connectivity index (χ1v) is 5.90. The van der Waals surface area contributed by atoms with Crippen molar-refractivity contribution in [2.75, 3.05) is 0 Å². The Morgan fingerprint density at radius 3 is 2.42 bits per heavy atom. The third-order valence-corrected chi connectivity index (χ3v) is 5.05. The van der Waals surface area contributed by atoms with Crippen LogP contribution in [-0.2, 0) is 5.41 Å². The Hall–Kier alpha value is 0.180. The topological polar surface area (TPSA) is 0 Å². The molecule has 0 spiro atoms. The zero-order valence-corrected chi connectivity index (χ0v) is 10.5. The quantitative estimate of drug-likeness (QED) is 0.721. The lowest BCUT2D eigenvalue weighted by Crippen LogP contribution is -2.14. The van der Waals surface area contributed by atoms with Gasteiger partial charge < -0.3 is 0 Å². The number of rotatable bonds is 2. The van der Waals surface area contributed by atoms with Crippen molar-refractivity contribution < 1.29 is 0 Å². The molecular formula is C10H15BrS. The zero-order valence-electron chi connectivity index (χ0n) is 8.07. The molecule has 1 rings (SSSR count). The molecule has 0 aliphatic carbocycles. The number of halogens is 1. The molecule has 0 nitrogen and oxygen atoms in total. The van der Waals surface area contributed by atoms with Crippen LogP contribution >= 0.6 is 27.3 Å². The highest BCUT2D eigenvalue weighted by Crippen LogP contribution is 2.37. The van der Waals surface area contributed by atoms with E-state index in [0.29, 0.717) is 5.41 Å². The molecule has 0 radical (unpaired) electrons. The largest absolute Gasteiger partial charge is 0.147 e. The Kier molecular flexibility index (Phi) is 3.00. The van der Waals surface area contributed by atoms with Crippen molar-refractivity contribution in [2.24, 2.45) is 0 Å². The molecule has 1 heterocycles. The van der Waals surface area contributed by atoms with E-state index in [1.54, 1.807) is 0 Å². The molecule has 0 saturated heterocycles. The van der Waals surface area contributed by atoms with Crippen molar-refractivity contribution in [3.05, 3.63) is 20.3 Å². The molecule has 0 fully saturated rings. The van der Waals surface area contributed by atoms with Gasteiger partial charge in [0.1, 0.15) is 0 Å². The van der Waals surface area contributed by atoms with Gasteiger partial charge in [-0.3, -0.25) is 0 Å². The van der Waals surface area contributed by atoms with Crippen LogP contribution in [0.2, 0.25) is 0 Å². The van der Waals surface area contributed by atoms with Crippen LogP contribution in [0.4, 0.5) is 0 Å². The fourth-order valence-corrected chi connectivity index (χ4v) is 2.98. The van der Waals surface area contributed by atoms with E-state index in [4.69, 9.17) is 0 Å². The molecule has 0 aliphatic heterocycles. The molecule has 12 heavy (non-hydrogen) atoms. The van der Waals surface area contributed by atoms with Gasteiger partial charge >= 0.3 is 0 Å². The van der Waals surface area contributed by atoms with Crippen LogP contribution in [0.5, 0.6) is 0 Å². The normalized spacial score (nSPS) is 12.1. The highest BCUT2D eigenvalue weighted by Gasteiger charge is 2.22. The van der Waals surface area contributed by atoms with Crippen LogP contribution in [-0.4, -0.2) is 0 Å². The molecule has 0 aliphatic rings. The van der Waals surface area contributed by atoms with E-state index in [9.17, 15) is 0 Å². The van der Waals surface area contributed by atoms with Crippen LogP contribution < -0.4 is 0 Å². The lowest BCUT2D eigenvalue weighted by molar-refractivity contribution is 0.514. The van der Waals surface area contributed by atoms with Crippen LogP contribution in [0.3, 0.4) is 0 Å². The summed E-state index contributed by atoms with van der Waals surface area (Å²) in [7, 11) is 0. The van der Waals surface area contributed by atoms with Gasteiger partial charge in [-0.15, -0.1) is 11.3 Å². The minimum Gasteiger partial charge on any atom is -0.147 e. The second-order valence-electron chi connectivity index (χ2n) is 3.78. The van der Waals surface area contributed by atoms with E-state index < -0.39 is 0 Å². The second-order valence-corrected chi connectivity index (χ2v) is 5.51. The van der Waals surface area contributed by atoms with Crippen molar-refractivity contribution in [3.8, 4) is 0 Å². The Labute approximate surface area is 87.1 Å². The van der Waals surface area contributed by atoms with Crippen molar-refractivity contribution in [1.82, 2.24) is 0 Å². The van der Waals surface area contributed by atoms with Gasteiger partial charge in [0.05, 0.1) is 0 Å². The first-order valence-electron chi connectivity index (χ1n) is 4.23. The highest BCUT2D eigenvalue weighted by molar-refractivity contribution is 9.10. The maximum Gasteiger partial charge on any atom is 0.0314 e. The summed E-state index contributed by atoms with van der Waals surface area (Å²) >= 11 is 5.41. The van der Waals surface area contributed by atoms with Gasteiger partial charge in [-0.2, -0.15) is 0 Å². The van der Waals surface area contributed by atoms with E-state index in [1.165, 1.54) is 21.3 Å². The third-order valence-electron chi connectivity index (χ3n) is 2.48. The SMILES string of the molecule is CCC(C)(C)c1scc(Br)c1C. The predicted octanol–water partition coefficient (Wildman–Crippen LogP) is 4.51. The van der Waals surface area contributed by atoms with Crippen LogP contribution in [0.1, 0.15) is 37.6 Å². The van der Waals surface area contributed by atoms with Gasteiger partial charge in [0, 0.05) is 14.7 Å². The fraction of sp³-hybridized carbons (Fsp3) is 0.600. The molecule has 68 valence electrons. The summed E-state index contributed by atoms with van der Waals surface area (Å²) in [5, 5.41) is 2.18. The summed E-state index contributed by atoms with van der Waals surface area (Å²) in [5.74, 6) is 0. The Morgan fingerprint density at radius 1 is 1.50 bits per heavy atom. The van der Waals surface area contributed by atoms with Gasteiger partial charge in [0.15, 0.2) is 0 Å². The van der Waals surface area contributed by atoms with E-state index in [0.717, 1.165) is 0 Å². The zero-order chi connectivity index (χ0) is 9.35. The monoisotopic (exact) mass is 246 g/mol. The molecule has 1 aromatic heterocycles. The summed E-state index contributed by atoms with van der Waals surface area (Å²) in [5.41, 5.74) is 1.74. The first-order chi connectivity index (χ1) is 5.49. The molecule has 2 heteroatoms. The smallest absolute Gasteiger partial charge is 0.0314 e. The molecule has 0 amide bonds. The van der Waals surface area contributed by atoms with Crippen molar-refractivity contribution >= 4 is 27.3 Å². The lowest BCUT2D eigenvalue weighted by atomic mass is 9.87. The third kappa shape index (κ3) is 1.74. The van der Waals surface area contributed by atoms with Gasteiger partial charge in [0.2, 0.25) is 0 Å².